The average Bonchev–Trinajstić information content (AvgIpc) is 2.85. The minimum absolute atomic E-state index is 0.0741. The number of ether oxygens (including phenoxy) is 1. The van der Waals surface area contributed by atoms with E-state index in [9.17, 15) is 14.4 Å². The molecular formula is C26H21ClN2O4. The van der Waals surface area contributed by atoms with Crippen LogP contribution in [0.1, 0.15) is 38.3 Å². The Labute approximate surface area is 197 Å². The third-order valence-electron chi connectivity index (χ3n) is 4.96. The SMILES string of the molecule is Cc1cc(N(CCC#N)C(=O)COC(=O)c2ccccc2C(=O)c2ccccc2)ccc1Cl. The summed E-state index contributed by atoms with van der Waals surface area (Å²) in [6, 6.07) is 22.0. The molecule has 0 radical (unpaired) electrons. The van der Waals surface area contributed by atoms with Crippen molar-refractivity contribution >= 4 is 34.9 Å². The van der Waals surface area contributed by atoms with Crippen LogP contribution in [0.4, 0.5) is 5.69 Å². The van der Waals surface area contributed by atoms with Gasteiger partial charge < -0.3 is 9.64 Å². The molecule has 0 aromatic heterocycles. The van der Waals surface area contributed by atoms with Crippen molar-refractivity contribution in [1.29, 1.82) is 5.26 Å². The Morgan fingerprint density at radius 1 is 0.970 bits per heavy atom. The smallest absolute Gasteiger partial charge is 0.339 e. The quantitative estimate of drug-likeness (QED) is 0.349. The first-order valence-corrected chi connectivity index (χ1v) is 10.6. The van der Waals surface area contributed by atoms with Gasteiger partial charge in [0.1, 0.15) is 0 Å². The highest BCUT2D eigenvalue weighted by atomic mass is 35.5. The van der Waals surface area contributed by atoms with Crippen LogP contribution in [0.25, 0.3) is 0 Å². The molecule has 7 heteroatoms. The molecule has 0 spiro atoms. The first-order valence-electron chi connectivity index (χ1n) is 10.2. The molecule has 0 atom stereocenters. The summed E-state index contributed by atoms with van der Waals surface area (Å²) in [5.41, 5.74) is 2.03. The average molecular weight is 461 g/mol. The molecule has 6 nitrogen and oxygen atoms in total. The van der Waals surface area contributed by atoms with Gasteiger partial charge in [-0.3, -0.25) is 9.59 Å². The molecule has 0 aliphatic carbocycles. The summed E-state index contributed by atoms with van der Waals surface area (Å²) in [6.07, 6.45) is 0.107. The zero-order chi connectivity index (χ0) is 23.8. The minimum atomic E-state index is -0.782. The Balaban J connectivity index is 1.76. The zero-order valence-corrected chi connectivity index (χ0v) is 18.7. The maximum Gasteiger partial charge on any atom is 0.339 e. The normalized spacial score (nSPS) is 10.2. The number of amides is 1. The van der Waals surface area contributed by atoms with E-state index < -0.39 is 18.5 Å². The maximum atomic E-state index is 12.9. The number of benzene rings is 3. The van der Waals surface area contributed by atoms with Crippen molar-refractivity contribution in [2.75, 3.05) is 18.1 Å². The van der Waals surface area contributed by atoms with E-state index in [4.69, 9.17) is 21.6 Å². The molecule has 0 aliphatic heterocycles. The van der Waals surface area contributed by atoms with E-state index in [0.29, 0.717) is 16.3 Å². The number of nitrogens with zero attached hydrogens (tertiary/aromatic N) is 2. The van der Waals surface area contributed by atoms with Gasteiger partial charge in [0.05, 0.1) is 18.1 Å². The molecule has 0 saturated carbocycles. The number of carbonyl (C=O) groups excluding carboxylic acids is 3. The molecular weight excluding hydrogens is 440 g/mol. The topological polar surface area (TPSA) is 87.5 Å². The Bertz CT molecular complexity index is 1220. The molecule has 3 rings (SSSR count). The summed E-state index contributed by atoms with van der Waals surface area (Å²) < 4.78 is 5.26. The molecule has 0 aliphatic rings. The van der Waals surface area contributed by atoms with Gasteiger partial charge in [-0.05, 0) is 36.8 Å². The number of anilines is 1. The molecule has 0 bridgehead atoms. The lowest BCUT2D eigenvalue weighted by molar-refractivity contribution is -0.121. The molecule has 0 unspecified atom stereocenters. The predicted molar refractivity (Wildman–Crippen MR) is 125 cm³/mol. The van der Waals surface area contributed by atoms with Crippen molar-refractivity contribution in [3.05, 3.63) is 100 Å². The van der Waals surface area contributed by atoms with Crippen molar-refractivity contribution < 1.29 is 19.1 Å². The number of aryl methyl sites for hydroxylation is 1. The number of carbonyl (C=O) groups is 3. The van der Waals surface area contributed by atoms with Crippen LogP contribution >= 0.6 is 11.6 Å². The Morgan fingerprint density at radius 2 is 1.64 bits per heavy atom. The van der Waals surface area contributed by atoms with Gasteiger partial charge >= 0.3 is 5.97 Å². The molecule has 3 aromatic carbocycles. The van der Waals surface area contributed by atoms with Gasteiger partial charge in [0.25, 0.3) is 5.91 Å². The number of halogens is 1. The minimum Gasteiger partial charge on any atom is -0.452 e. The van der Waals surface area contributed by atoms with Gasteiger partial charge in [0.15, 0.2) is 12.4 Å². The van der Waals surface area contributed by atoms with E-state index in [1.807, 2.05) is 6.07 Å². The molecule has 0 fully saturated rings. The number of hydrogen-bond donors (Lipinski definition) is 0. The van der Waals surface area contributed by atoms with Gasteiger partial charge in [0.2, 0.25) is 0 Å². The molecule has 33 heavy (non-hydrogen) atoms. The van der Waals surface area contributed by atoms with Crippen LogP contribution in [0, 0.1) is 18.3 Å². The molecule has 166 valence electrons. The number of rotatable bonds is 8. The number of esters is 1. The fraction of sp³-hybridized carbons (Fsp3) is 0.154. The highest BCUT2D eigenvalue weighted by Gasteiger charge is 2.22. The van der Waals surface area contributed by atoms with Crippen molar-refractivity contribution in [2.45, 2.75) is 13.3 Å². The Kier molecular flexibility index (Phi) is 7.96. The number of nitriles is 1. The van der Waals surface area contributed by atoms with E-state index in [2.05, 4.69) is 0 Å². The Hall–Kier alpha value is -3.95. The fourth-order valence-electron chi connectivity index (χ4n) is 3.24. The first kappa shape index (κ1) is 23.7. The standard InChI is InChI=1S/C26H21ClN2O4/c1-18-16-20(12-13-23(18)27)29(15-7-14-28)24(30)17-33-26(32)22-11-6-5-10-21(22)25(31)19-8-3-2-4-9-19/h2-6,8-13,16H,7,15,17H2,1H3. The maximum absolute atomic E-state index is 12.9. The van der Waals surface area contributed by atoms with Gasteiger partial charge in [-0.15, -0.1) is 0 Å². The summed E-state index contributed by atoms with van der Waals surface area (Å²) in [4.78, 5) is 39.9. The summed E-state index contributed by atoms with van der Waals surface area (Å²) in [5.74, 6) is -1.59. The summed E-state index contributed by atoms with van der Waals surface area (Å²) >= 11 is 6.07. The van der Waals surface area contributed by atoms with Gasteiger partial charge in [-0.1, -0.05) is 60.1 Å². The molecule has 3 aromatic rings. The molecule has 0 saturated heterocycles. The monoisotopic (exact) mass is 460 g/mol. The lowest BCUT2D eigenvalue weighted by Gasteiger charge is -2.22. The van der Waals surface area contributed by atoms with Crippen LogP contribution in [0.15, 0.2) is 72.8 Å². The van der Waals surface area contributed by atoms with Gasteiger partial charge in [-0.25, -0.2) is 4.79 Å². The summed E-state index contributed by atoms with van der Waals surface area (Å²) in [6.45, 7) is 1.40. The third kappa shape index (κ3) is 5.85. The van der Waals surface area contributed by atoms with Crippen molar-refractivity contribution in [1.82, 2.24) is 0 Å². The van der Waals surface area contributed by atoms with E-state index in [1.54, 1.807) is 73.7 Å². The predicted octanol–water partition coefficient (Wildman–Crippen LogP) is 4.98. The van der Waals surface area contributed by atoms with E-state index >= 15 is 0 Å². The lowest BCUT2D eigenvalue weighted by Crippen LogP contribution is -2.35. The second kappa shape index (κ2) is 11.1. The summed E-state index contributed by atoms with van der Waals surface area (Å²) in [5, 5.41) is 9.51. The van der Waals surface area contributed by atoms with Gasteiger partial charge in [-0.2, -0.15) is 5.26 Å². The van der Waals surface area contributed by atoms with Crippen LogP contribution in [-0.2, 0) is 9.53 Å². The molecule has 1 amide bonds. The number of hydrogen-bond acceptors (Lipinski definition) is 5. The second-order valence-electron chi connectivity index (χ2n) is 7.20. The zero-order valence-electron chi connectivity index (χ0n) is 18.0. The highest BCUT2D eigenvalue weighted by Crippen LogP contribution is 2.23. The van der Waals surface area contributed by atoms with Crippen molar-refractivity contribution in [2.24, 2.45) is 0 Å². The lowest BCUT2D eigenvalue weighted by atomic mass is 9.98. The third-order valence-corrected chi connectivity index (χ3v) is 5.38. The molecule has 0 N–H and O–H groups in total. The van der Waals surface area contributed by atoms with Gasteiger partial charge in [0, 0.05) is 28.4 Å². The van der Waals surface area contributed by atoms with Crippen LogP contribution in [0.3, 0.4) is 0 Å². The second-order valence-corrected chi connectivity index (χ2v) is 7.61. The van der Waals surface area contributed by atoms with E-state index in [-0.39, 0.29) is 29.9 Å². The Morgan fingerprint density at radius 3 is 2.30 bits per heavy atom. The number of ketones is 1. The van der Waals surface area contributed by atoms with Crippen molar-refractivity contribution in [3.63, 3.8) is 0 Å². The first-order chi connectivity index (χ1) is 15.9. The van der Waals surface area contributed by atoms with Crippen molar-refractivity contribution in [3.8, 4) is 6.07 Å². The fourth-order valence-corrected chi connectivity index (χ4v) is 3.36. The largest absolute Gasteiger partial charge is 0.452 e. The van der Waals surface area contributed by atoms with Crippen LogP contribution < -0.4 is 4.90 Å². The van der Waals surface area contributed by atoms with E-state index in [1.165, 1.54) is 11.0 Å². The summed E-state index contributed by atoms with van der Waals surface area (Å²) in [7, 11) is 0. The van der Waals surface area contributed by atoms with Crippen LogP contribution in [-0.4, -0.2) is 30.8 Å². The van der Waals surface area contributed by atoms with Crippen LogP contribution in [0.5, 0.6) is 0 Å². The highest BCUT2D eigenvalue weighted by molar-refractivity contribution is 6.31. The molecule has 0 heterocycles. The van der Waals surface area contributed by atoms with E-state index in [0.717, 1.165) is 5.56 Å². The van der Waals surface area contributed by atoms with Crippen LogP contribution in [0.2, 0.25) is 5.02 Å².